The molecule has 0 saturated carbocycles. The predicted octanol–water partition coefficient (Wildman–Crippen LogP) is 2.34. The molecule has 0 radical (unpaired) electrons. The van der Waals surface area contributed by atoms with Crippen molar-refractivity contribution in [2.24, 2.45) is 0 Å². The van der Waals surface area contributed by atoms with Crippen LogP contribution in [0.25, 0.3) is 0 Å². The van der Waals surface area contributed by atoms with E-state index in [2.05, 4.69) is 18.2 Å². The Hall–Kier alpha value is -1.35. The van der Waals surface area contributed by atoms with Crippen LogP contribution in [0.15, 0.2) is 24.3 Å². The Morgan fingerprint density at radius 3 is 2.79 bits per heavy atom. The second kappa shape index (κ2) is 5.33. The van der Waals surface area contributed by atoms with Crippen LogP contribution in [0.2, 0.25) is 0 Å². The highest BCUT2D eigenvalue weighted by Crippen LogP contribution is 2.35. The number of aryl methyl sites for hydroxylation is 1. The summed E-state index contributed by atoms with van der Waals surface area (Å²) < 4.78 is 0. The lowest BCUT2D eigenvalue weighted by Crippen LogP contribution is -2.40. The average Bonchev–Trinajstić information content (AvgIpc) is 2.70. The van der Waals surface area contributed by atoms with Crippen LogP contribution in [0, 0.1) is 0 Å². The molecule has 0 aromatic heterocycles. The van der Waals surface area contributed by atoms with E-state index in [0.717, 1.165) is 12.8 Å². The summed E-state index contributed by atoms with van der Waals surface area (Å²) in [6.07, 6.45) is 2.67. The Bertz CT molecular complexity index is 462. The zero-order valence-corrected chi connectivity index (χ0v) is 12.0. The van der Waals surface area contributed by atoms with Crippen molar-refractivity contribution in [2.45, 2.75) is 44.6 Å². The molecule has 1 aliphatic carbocycles. The predicted molar refractivity (Wildman–Crippen MR) is 76.1 cm³/mol. The molecule has 1 amide bonds. The molecule has 3 heteroatoms. The molecular weight excluding hydrogens is 238 g/mol. The van der Waals surface area contributed by atoms with E-state index < -0.39 is 5.60 Å². The fraction of sp³-hybridized carbons (Fsp3) is 0.562. The number of rotatable bonds is 4. The van der Waals surface area contributed by atoms with Gasteiger partial charge in [-0.2, -0.15) is 0 Å². The minimum atomic E-state index is -0.835. The van der Waals surface area contributed by atoms with E-state index in [1.807, 2.05) is 6.07 Å². The first-order valence-corrected chi connectivity index (χ1v) is 6.91. The van der Waals surface area contributed by atoms with Crippen molar-refractivity contribution < 1.29 is 9.90 Å². The standard InChI is InChI=1S/C16H23NO2/c1-16(2,19)11-17(3)15(18)10-13-9-8-12-6-4-5-7-14(12)13/h4-7,13,19H,8-11H2,1-3H3. The van der Waals surface area contributed by atoms with Gasteiger partial charge in [0.05, 0.1) is 5.60 Å². The highest BCUT2D eigenvalue weighted by Gasteiger charge is 2.26. The van der Waals surface area contributed by atoms with Gasteiger partial charge in [-0.15, -0.1) is 0 Å². The van der Waals surface area contributed by atoms with Gasteiger partial charge < -0.3 is 10.0 Å². The van der Waals surface area contributed by atoms with Crippen molar-refractivity contribution in [3.63, 3.8) is 0 Å². The summed E-state index contributed by atoms with van der Waals surface area (Å²) in [7, 11) is 1.77. The van der Waals surface area contributed by atoms with Gasteiger partial charge in [-0.1, -0.05) is 24.3 Å². The first-order chi connectivity index (χ1) is 8.87. The van der Waals surface area contributed by atoms with Gasteiger partial charge >= 0.3 is 0 Å². The highest BCUT2D eigenvalue weighted by atomic mass is 16.3. The van der Waals surface area contributed by atoms with E-state index in [1.54, 1.807) is 25.8 Å². The molecule has 0 fully saturated rings. The molecule has 0 heterocycles. The Kier molecular flexibility index (Phi) is 3.95. The minimum absolute atomic E-state index is 0.115. The van der Waals surface area contributed by atoms with Gasteiger partial charge in [0, 0.05) is 20.0 Å². The van der Waals surface area contributed by atoms with E-state index in [9.17, 15) is 9.90 Å². The van der Waals surface area contributed by atoms with E-state index in [4.69, 9.17) is 0 Å². The summed E-state index contributed by atoms with van der Waals surface area (Å²) in [5.41, 5.74) is 1.87. The SMILES string of the molecule is CN(CC(C)(C)O)C(=O)CC1CCc2ccccc21. The summed E-state index contributed by atoms with van der Waals surface area (Å²) in [6.45, 7) is 3.82. The number of carbonyl (C=O) groups is 1. The Balaban J connectivity index is 1.97. The van der Waals surface area contributed by atoms with Crippen molar-refractivity contribution in [1.82, 2.24) is 4.90 Å². The molecule has 0 aliphatic heterocycles. The number of amides is 1. The number of hydrogen-bond donors (Lipinski definition) is 1. The summed E-state index contributed by atoms with van der Waals surface area (Å²) in [6, 6.07) is 8.39. The highest BCUT2D eigenvalue weighted by molar-refractivity contribution is 5.77. The lowest BCUT2D eigenvalue weighted by molar-refractivity contribution is -0.132. The average molecular weight is 261 g/mol. The maximum Gasteiger partial charge on any atom is 0.223 e. The molecule has 2 rings (SSSR count). The van der Waals surface area contributed by atoms with E-state index in [-0.39, 0.29) is 5.91 Å². The molecule has 1 aromatic rings. The number of carbonyl (C=O) groups excluding carboxylic acids is 1. The van der Waals surface area contributed by atoms with E-state index >= 15 is 0 Å². The number of fused-ring (bicyclic) bond motifs is 1. The van der Waals surface area contributed by atoms with Gasteiger partial charge in [0.25, 0.3) is 0 Å². The van der Waals surface area contributed by atoms with Gasteiger partial charge in [0.2, 0.25) is 5.91 Å². The van der Waals surface area contributed by atoms with Crippen LogP contribution in [0.1, 0.15) is 43.7 Å². The van der Waals surface area contributed by atoms with E-state index in [1.165, 1.54) is 11.1 Å². The molecule has 104 valence electrons. The van der Waals surface area contributed by atoms with Gasteiger partial charge in [-0.05, 0) is 43.7 Å². The van der Waals surface area contributed by atoms with Crippen LogP contribution in [-0.4, -0.2) is 35.1 Å². The molecule has 0 bridgehead atoms. The van der Waals surface area contributed by atoms with Gasteiger partial charge in [0.1, 0.15) is 0 Å². The topological polar surface area (TPSA) is 40.5 Å². The van der Waals surface area contributed by atoms with Crippen LogP contribution < -0.4 is 0 Å². The molecular formula is C16H23NO2. The number of nitrogens with zero attached hydrogens (tertiary/aromatic N) is 1. The molecule has 1 unspecified atom stereocenters. The van der Waals surface area contributed by atoms with E-state index in [0.29, 0.717) is 18.9 Å². The molecule has 1 N–H and O–H groups in total. The zero-order valence-electron chi connectivity index (χ0n) is 12.0. The van der Waals surface area contributed by atoms with Crippen LogP contribution in [0.3, 0.4) is 0 Å². The third kappa shape index (κ3) is 3.57. The van der Waals surface area contributed by atoms with Crippen molar-refractivity contribution >= 4 is 5.91 Å². The van der Waals surface area contributed by atoms with Crippen molar-refractivity contribution in [2.75, 3.05) is 13.6 Å². The number of hydrogen-bond acceptors (Lipinski definition) is 2. The monoisotopic (exact) mass is 261 g/mol. The molecule has 19 heavy (non-hydrogen) atoms. The summed E-state index contributed by atoms with van der Waals surface area (Å²) in [4.78, 5) is 13.8. The first kappa shape index (κ1) is 14.1. The second-order valence-electron chi connectivity index (χ2n) is 6.20. The summed E-state index contributed by atoms with van der Waals surface area (Å²) in [5, 5.41) is 9.76. The van der Waals surface area contributed by atoms with Crippen LogP contribution in [-0.2, 0) is 11.2 Å². The third-order valence-corrected chi connectivity index (χ3v) is 3.73. The Morgan fingerprint density at radius 2 is 2.11 bits per heavy atom. The molecule has 1 atom stereocenters. The lowest BCUT2D eigenvalue weighted by Gasteiger charge is -2.26. The maximum absolute atomic E-state index is 12.2. The van der Waals surface area contributed by atoms with Crippen LogP contribution in [0.5, 0.6) is 0 Å². The molecule has 3 nitrogen and oxygen atoms in total. The number of likely N-dealkylation sites (N-methyl/N-ethyl adjacent to an activating group) is 1. The Morgan fingerprint density at radius 1 is 1.42 bits per heavy atom. The quantitative estimate of drug-likeness (QED) is 0.903. The number of benzene rings is 1. The maximum atomic E-state index is 12.2. The first-order valence-electron chi connectivity index (χ1n) is 6.91. The minimum Gasteiger partial charge on any atom is -0.389 e. The zero-order chi connectivity index (χ0) is 14.0. The van der Waals surface area contributed by atoms with Crippen LogP contribution in [0.4, 0.5) is 0 Å². The summed E-state index contributed by atoms with van der Waals surface area (Å²) >= 11 is 0. The van der Waals surface area contributed by atoms with Gasteiger partial charge in [-0.3, -0.25) is 4.79 Å². The largest absolute Gasteiger partial charge is 0.389 e. The fourth-order valence-corrected chi connectivity index (χ4v) is 2.89. The van der Waals surface area contributed by atoms with Crippen molar-refractivity contribution in [3.05, 3.63) is 35.4 Å². The molecule has 0 saturated heterocycles. The van der Waals surface area contributed by atoms with Crippen molar-refractivity contribution in [1.29, 1.82) is 0 Å². The smallest absolute Gasteiger partial charge is 0.223 e. The third-order valence-electron chi connectivity index (χ3n) is 3.73. The summed E-state index contributed by atoms with van der Waals surface area (Å²) in [5.74, 6) is 0.455. The molecule has 1 aliphatic rings. The van der Waals surface area contributed by atoms with Gasteiger partial charge in [0.15, 0.2) is 0 Å². The van der Waals surface area contributed by atoms with Crippen molar-refractivity contribution in [3.8, 4) is 0 Å². The fourth-order valence-electron chi connectivity index (χ4n) is 2.89. The van der Waals surface area contributed by atoms with Crippen LogP contribution >= 0.6 is 0 Å². The number of aliphatic hydroxyl groups is 1. The normalized spacial score (nSPS) is 18.2. The Labute approximate surface area is 115 Å². The lowest BCUT2D eigenvalue weighted by atomic mass is 9.97. The van der Waals surface area contributed by atoms with Gasteiger partial charge in [-0.25, -0.2) is 0 Å². The second-order valence-corrected chi connectivity index (χ2v) is 6.20. The molecule has 0 spiro atoms. The molecule has 1 aromatic carbocycles.